The minimum atomic E-state index is 0.0528. The molecule has 3 aromatic rings. The van der Waals surface area contributed by atoms with Crippen LogP contribution in [0.5, 0.6) is 0 Å². The molecule has 4 nitrogen and oxygen atoms in total. The molecule has 27 heavy (non-hydrogen) atoms. The van der Waals surface area contributed by atoms with E-state index in [0.29, 0.717) is 10.8 Å². The van der Waals surface area contributed by atoms with Crippen LogP contribution < -0.4 is 4.90 Å². The first-order valence-corrected chi connectivity index (χ1v) is 10.1. The van der Waals surface area contributed by atoms with E-state index in [2.05, 4.69) is 18.1 Å². The Morgan fingerprint density at radius 2 is 1.85 bits per heavy atom. The van der Waals surface area contributed by atoms with E-state index in [1.807, 2.05) is 83.7 Å². The van der Waals surface area contributed by atoms with E-state index in [1.54, 1.807) is 0 Å². The lowest BCUT2D eigenvalue weighted by atomic mass is 10.1. The summed E-state index contributed by atoms with van der Waals surface area (Å²) in [6.45, 7) is 6.98. The highest BCUT2D eigenvalue weighted by atomic mass is 32.2. The van der Waals surface area contributed by atoms with Crippen LogP contribution in [0.3, 0.4) is 0 Å². The van der Waals surface area contributed by atoms with Crippen molar-refractivity contribution < 1.29 is 4.79 Å². The highest BCUT2D eigenvalue weighted by molar-refractivity contribution is 8.00. The number of aryl methyl sites for hydroxylation is 2. The summed E-state index contributed by atoms with van der Waals surface area (Å²) in [5.74, 6) is 0.0528. The van der Waals surface area contributed by atoms with Crippen molar-refractivity contribution in [1.82, 2.24) is 9.78 Å². The number of benzene rings is 2. The van der Waals surface area contributed by atoms with Crippen molar-refractivity contribution in [3.63, 3.8) is 0 Å². The number of carbonyl (C=O) groups is 1. The smallest absolute Gasteiger partial charge is 0.258 e. The zero-order chi connectivity index (χ0) is 19.0. The second kappa shape index (κ2) is 7.24. The molecule has 1 aromatic heterocycles. The first-order chi connectivity index (χ1) is 13.0. The van der Waals surface area contributed by atoms with Crippen LogP contribution in [0.1, 0.15) is 35.1 Å². The number of carbonyl (C=O) groups excluding carboxylic acids is 1. The van der Waals surface area contributed by atoms with Crippen LogP contribution in [0.15, 0.2) is 59.5 Å². The third kappa shape index (κ3) is 3.52. The molecule has 1 unspecified atom stereocenters. The summed E-state index contributed by atoms with van der Waals surface area (Å²) < 4.78 is 1.91. The van der Waals surface area contributed by atoms with Gasteiger partial charge < -0.3 is 4.90 Å². The Balaban J connectivity index is 1.64. The fourth-order valence-electron chi connectivity index (χ4n) is 3.49. The molecule has 4 rings (SSSR count). The first-order valence-electron chi connectivity index (χ1n) is 9.24. The molecule has 1 aliphatic heterocycles. The van der Waals surface area contributed by atoms with Crippen LogP contribution in [0.25, 0.3) is 5.69 Å². The lowest BCUT2D eigenvalue weighted by Crippen LogP contribution is -2.32. The molecular formula is C22H23N3OS. The largest absolute Gasteiger partial charge is 0.307 e. The van der Waals surface area contributed by atoms with Gasteiger partial charge in [0, 0.05) is 27.9 Å². The Morgan fingerprint density at radius 1 is 1.11 bits per heavy atom. The van der Waals surface area contributed by atoms with E-state index >= 15 is 0 Å². The zero-order valence-electron chi connectivity index (χ0n) is 15.8. The van der Waals surface area contributed by atoms with E-state index in [4.69, 9.17) is 0 Å². The zero-order valence-corrected chi connectivity index (χ0v) is 16.7. The Morgan fingerprint density at radius 3 is 2.56 bits per heavy atom. The minimum Gasteiger partial charge on any atom is -0.307 e. The molecule has 2 heterocycles. The van der Waals surface area contributed by atoms with Crippen molar-refractivity contribution in [2.45, 2.75) is 37.3 Å². The summed E-state index contributed by atoms with van der Waals surface area (Å²) in [7, 11) is 0. The van der Waals surface area contributed by atoms with E-state index in [9.17, 15) is 4.79 Å². The molecule has 0 spiro atoms. The monoisotopic (exact) mass is 377 g/mol. The Hall–Kier alpha value is -2.53. The summed E-state index contributed by atoms with van der Waals surface area (Å²) >= 11 is 1.85. The standard InChI is InChI=1S/C22H23N3OS/c1-15-14-16(2)25(23-15)19-10-8-18(9-11-19)22(26)24-13-12-17(3)27-21-7-5-4-6-20(21)24/h4-11,14,17H,12-13H2,1-3H3. The first kappa shape index (κ1) is 17.9. The molecule has 1 aliphatic rings. The van der Waals surface area contributed by atoms with Crippen molar-refractivity contribution in [3.8, 4) is 5.69 Å². The highest BCUT2D eigenvalue weighted by Gasteiger charge is 2.25. The minimum absolute atomic E-state index is 0.0528. The predicted molar refractivity (Wildman–Crippen MR) is 111 cm³/mol. The number of hydrogen-bond donors (Lipinski definition) is 0. The van der Waals surface area contributed by atoms with Crippen LogP contribution in [-0.2, 0) is 0 Å². The van der Waals surface area contributed by atoms with Crippen molar-refractivity contribution >= 4 is 23.4 Å². The molecule has 0 saturated carbocycles. The van der Waals surface area contributed by atoms with E-state index in [1.165, 1.54) is 4.90 Å². The predicted octanol–water partition coefficient (Wildman–Crippen LogP) is 5.02. The number of fused-ring (bicyclic) bond motifs is 1. The number of para-hydroxylation sites is 1. The molecule has 0 saturated heterocycles. The summed E-state index contributed by atoms with van der Waals surface area (Å²) in [6, 6.07) is 18.0. The third-order valence-corrected chi connectivity index (χ3v) is 6.09. The summed E-state index contributed by atoms with van der Waals surface area (Å²) in [5, 5.41) is 5.01. The van der Waals surface area contributed by atoms with Crippen molar-refractivity contribution in [2.75, 3.05) is 11.4 Å². The number of nitrogens with zero attached hydrogens (tertiary/aromatic N) is 3. The lowest BCUT2D eigenvalue weighted by Gasteiger charge is -2.22. The molecule has 0 fully saturated rings. The van der Waals surface area contributed by atoms with Gasteiger partial charge in [-0.15, -0.1) is 11.8 Å². The molecule has 0 aliphatic carbocycles. The van der Waals surface area contributed by atoms with Crippen LogP contribution >= 0.6 is 11.8 Å². The Kier molecular flexibility index (Phi) is 4.79. The molecule has 138 valence electrons. The molecule has 1 amide bonds. The molecule has 1 atom stereocenters. The van der Waals surface area contributed by atoms with E-state index in [0.717, 1.165) is 35.7 Å². The van der Waals surface area contributed by atoms with Gasteiger partial charge in [0.2, 0.25) is 0 Å². The molecule has 5 heteroatoms. The maximum Gasteiger partial charge on any atom is 0.258 e. The lowest BCUT2D eigenvalue weighted by molar-refractivity contribution is 0.0986. The van der Waals surface area contributed by atoms with Gasteiger partial charge in [-0.05, 0) is 62.7 Å². The van der Waals surface area contributed by atoms with Gasteiger partial charge in [0.05, 0.1) is 17.1 Å². The van der Waals surface area contributed by atoms with Crippen molar-refractivity contribution in [3.05, 3.63) is 71.5 Å². The van der Waals surface area contributed by atoms with Crippen LogP contribution in [0, 0.1) is 13.8 Å². The quantitative estimate of drug-likeness (QED) is 0.629. The highest BCUT2D eigenvalue weighted by Crippen LogP contribution is 2.37. The summed E-state index contributed by atoms with van der Waals surface area (Å²) in [6.07, 6.45) is 0.981. The van der Waals surface area contributed by atoms with Gasteiger partial charge in [-0.2, -0.15) is 5.10 Å². The molecule has 0 N–H and O–H groups in total. The van der Waals surface area contributed by atoms with Crippen molar-refractivity contribution in [2.24, 2.45) is 0 Å². The SMILES string of the molecule is Cc1cc(C)n(-c2ccc(C(=O)N3CCC(C)Sc4ccccc43)cc2)n1. The second-order valence-corrected chi connectivity index (χ2v) is 8.51. The van der Waals surface area contributed by atoms with Crippen LogP contribution in [-0.4, -0.2) is 27.5 Å². The molecule has 0 radical (unpaired) electrons. The third-order valence-electron chi connectivity index (χ3n) is 4.86. The van der Waals surface area contributed by atoms with Crippen LogP contribution in [0.4, 0.5) is 5.69 Å². The number of aromatic nitrogens is 2. The number of anilines is 1. The van der Waals surface area contributed by atoms with Gasteiger partial charge in [0.1, 0.15) is 0 Å². The number of amides is 1. The fraction of sp³-hybridized carbons (Fsp3) is 0.273. The number of rotatable bonds is 2. The fourth-order valence-corrected chi connectivity index (χ4v) is 4.60. The summed E-state index contributed by atoms with van der Waals surface area (Å²) in [5.41, 5.74) is 4.76. The molecule has 0 bridgehead atoms. The average Bonchev–Trinajstić information content (AvgIpc) is 2.91. The van der Waals surface area contributed by atoms with Gasteiger partial charge in [-0.3, -0.25) is 4.79 Å². The Labute approximate surface area is 164 Å². The summed E-state index contributed by atoms with van der Waals surface area (Å²) in [4.78, 5) is 16.3. The normalized spacial score (nSPS) is 16.7. The average molecular weight is 378 g/mol. The van der Waals surface area contributed by atoms with Gasteiger partial charge >= 0.3 is 0 Å². The van der Waals surface area contributed by atoms with Gasteiger partial charge in [-0.25, -0.2) is 4.68 Å². The molecule has 2 aromatic carbocycles. The molecular weight excluding hydrogens is 354 g/mol. The van der Waals surface area contributed by atoms with Gasteiger partial charge in [0.25, 0.3) is 5.91 Å². The number of hydrogen-bond acceptors (Lipinski definition) is 3. The number of thioether (sulfide) groups is 1. The van der Waals surface area contributed by atoms with Crippen molar-refractivity contribution in [1.29, 1.82) is 0 Å². The van der Waals surface area contributed by atoms with E-state index in [-0.39, 0.29) is 5.91 Å². The van der Waals surface area contributed by atoms with E-state index < -0.39 is 0 Å². The topological polar surface area (TPSA) is 38.1 Å². The Bertz CT molecular complexity index is 977. The maximum atomic E-state index is 13.2. The van der Waals surface area contributed by atoms with Gasteiger partial charge in [-0.1, -0.05) is 19.1 Å². The maximum absolute atomic E-state index is 13.2. The second-order valence-electron chi connectivity index (χ2n) is 7.03. The van der Waals surface area contributed by atoms with Gasteiger partial charge in [0.15, 0.2) is 0 Å². The van der Waals surface area contributed by atoms with Crippen LogP contribution in [0.2, 0.25) is 0 Å².